The maximum Gasteiger partial charge on any atom is 0.340 e. The van der Waals surface area contributed by atoms with E-state index in [1.807, 2.05) is 39.0 Å². The number of methoxy groups -OCH3 is 1. The number of carbonyl (C=O) groups excluding carboxylic acids is 2. The molecule has 0 atom stereocenters. The number of aryl methyl sites for hydroxylation is 2. The summed E-state index contributed by atoms with van der Waals surface area (Å²) in [7, 11) is 1.54. The van der Waals surface area contributed by atoms with Crippen molar-refractivity contribution < 1.29 is 19.1 Å². The van der Waals surface area contributed by atoms with Gasteiger partial charge in [-0.3, -0.25) is 4.79 Å². The molecule has 0 unspecified atom stereocenters. The summed E-state index contributed by atoms with van der Waals surface area (Å²) in [6.07, 6.45) is 2.29. The van der Waals surface area contributed by atoms with E-state index in [1.165, 1.54) is 7.11 Å². The summed E-state index contributed by atoms with van der Waals surface area (Å²) in [5.74, 6) is -0.321. The first-order chi connectivity index (χ1) is 12.4. The van der Waals surface area contributed by atoms with Gasteiger partial charge in [0.05, 0.1) is 18.4 Å². The van der Waals surface area contributed by atoms with Crippen molar-refractivity contribution in [3.63, 3.8) is 0 Å². The molecule has 26 heavy (non-hydrogen) atoms. The van der Waals surface area contributed by atoms with Gasteiger partial charge < -0.3 is 19.4 Å². The Balaban J connectivity index is 1.62. The predicted molar refractivity (Wildman–Crippen MR) is 98.8 cm³/mol. The normalized spacial score (nSPS) is 13.4. The Morgan fingerprint density at radius 3 is 2.58 bits per heavy atom. The second kappa shape index (κ2) is 7.23. The topological polar surface area (TPSA) is 69.6 Å². The van der Waals surface area contributed by atoms with Crippen molar-refractivity contribution in [2.45, 2.75) is 39.7 Å². The number of aromatic nitrogens is 1. The van der Waals surface area contributed by atoms with Crippen molar-refractivity contribution in [3.8, 4) is 5.75 Å². The van der Waals surface area contributed by atoms with Crippen LogP contribution in [0.25, 0.3) is 0 Å². The van der Waals surface area contributed by atoms with Crippen LogP contribution < -0.4 is 10.1 Å². The molecule has 0 spiro atoms. The number of benzene rings is 1. The lowest BCUT2D eigenvalue weighted by Gasteiger charge is -2.11. The smallest absolute Gasteiger partial charge is 0.340 e. The molecule has 3 rings (SSSR count). The third-order valence-corrected chi connectivity index (χ3v) is 4.58. The molecule has 2 aromatic rings. The second-order valence-electron chi connectivity index (χ2n) is 6.71. The standard InChI is InChI=1S/C20H24N2O4/c1-12-5-8-18(25-4)17(9-12)21-19(23)11-26-20(24)16-10-13(2)22(14(16)3)15-6-7-15/h5,8-10,15H,6-7,11H2,1-4H3,(H,21,23). The molecule has 0 saturated heterocycles. The molecule has 1 fully saturated rings. The zero-order chi connectivity index (χ0) is 18.8. The molecule has 1 heterocycles. The summed E-state index contributed by atoms with van der Waals surface area (Å²) in [6, 6.07) is 7.81. The average molecular weight is 356 g/mol. The van der Waals surface area contributed by atoms with Gasteiger partial charge in [0.25, 0.3) is 5.91 Å². The lowest BCUT2D eigenvalue weighted by molar-refractivity contribution is -0.119. The minimum absolute atomic E-state index is 0.344. The number of rotatable bonds is 6. The van der Waals surface area contributed by atoms with E-state index in [-0.39, 0.29) is 6.61 Å². The Bertz CT molecular complexity index is 850. The highest BCUT2D eigenvalue weighted by molar-refractivity contribution is 5.97. The van der Waals surface area contributed by atoms with Crippen LogP contribution in [0.1, 0.15) is 46.2 Å². The second-order valence-corrected chi connectivity index (χ2v) is 6.71. The number of anilines is 1. The highest BCUT2D eigenvalue weighted by atomic mass is 16.5. The van der Waals surface area contributed by atoms with Crippen LogP contribution in [0.15, 0.2) is 24.3 Å². The fourth-order valence-corrected chi connectivity index (χ4v) is 3.19. The number of nitrogens with one attached hydrogen (secondary N) is 1. The van der Waals surface area contributed by atoms with E-state index < -0.39 is 11.9 Å². The number of carbonyl (C=O) groups is 2. The first-order valence-electron chi connectivity index (χ1n) is 8.70. The molecule has 0 bridgehead atoms. The number of hydrogen-bond donors (Lipinski definition) is 1. The predicted octanol–water partition coefficient (Wildman–Crippen LogP) is 3.55. The summed E-state index contributed by atoms with van der Waals surface area (Å²) < 4.78 is 12.6. The van der Waals surface area contributed by atoms with Crippen molar-refractivity contribution in [3.05, 3.63) is 46.8 Å². The summed E-state index contributed by atoms with van der Waals surface area (Å²) >= 11 is 0. The maximum atomic E-state index is 12.4. The number of esters is 1. The number of ether oxygens (including phenoxy) is 2. The Labute approximate surface area is 153 Å². The van der Waals surface area contributed by atoms with E-state index in [9.17, 15) is 9.59 Å². The van der Waals surface area contributed by atoms with Crippen molar-refractivity contribution in [2.75, 3.05) is 19.0 Å². The van der Waals surface area contributed by atoms with Crippen molar-refractivity contribution in [2.24, 2.45) is 0 Å². The van der Waals surface area contributed by atoms with Crippen LogP contribution in [-0.2, 0) is 9.53 Å². The van der Waals surface area contributed by atoms with Gasteiger partial charge in [0, 0.05) is 17.4 Å². The molecule has 1 saturated carbocycles. The van der Waals surface area contributed by atoms with Crippen LogP contribution in [-0.4, -0.2) is 30.2 Å². The molecule has 138 valence electrons. The summed E-state index contributed by atoms with van der Waals surface area (Å²) in [6.45, 7) is 5.48. The van der Waals surface area contributed by atoms with Gasteiger partial charge in [-0.1, -0.05) is 6.07 Å². The highest BCUT2D eigenvalue weighted by Gasteiger charge is 2.28. The summed E-state index contributed by atoms with van der Waals surface area (Å²) in [5.41, 5.74) is 4.02. The first kappa shape index (κ1) is 18.0. The van der Waals surface area contributed by atoms with Crippen molar-refractivity contribution >= 4 is 17.6 Å². The van der Waals surface area contributed by atoms with Crippen molar-refractivity contribution in [1.82, 2.24) is 4.57 Å². The monoisotopic (exact) mass is 356 g/mol. The number of hydrogen-bond acceptors (Lipinski definition) is 4. The molecule has 6 heteroatoms. The molecular weight excluding hydrogens is 332 g/mol. The van der Waals surface area contributed by atoms with Gasteiger partial charge >= 0.3 is 5.97 Å². The van der Waals surface area contributed by atoms with E-state index in [4.69, 9.17) is 9.47 Å². The van der Waals surface area contributed by atoms with Gasteiger partial charge in [-0.2, -0.15) is 0 Å². The van der Waals surface area contributed by atoms with Crippen LogP contribution in [0.3, 0.4) is 0 Å². The molecule has 1 aliphatic rings. The third-order valence-electron chi connectivity index (χ3n) is 4.58. The molecule has 6 nitrogen and oxygen atoms in total. The maximum absolute atomic E-state index is 12.4. The Hall–Kier alpha value is -2.76. The fraction of sp³-hybridized carbons (Fsp3) is 0.400. The SMILES string of the molecule is COc1ccc(C)cc1NC(=O)COC(=O)c1cc(C)n(C2CC2)c1C. The zero-order valence-electron chi connectivity index (χ0n) is 15.6. The van der Waals surface area contributed by atoms with Crippen LogP contribution in [0, 0.1) is 20.8 Å². The Morgan fingerprint density at radius 1 is 1.19 bits per heavy atom. The van der Waals surface area contributed by atoms with Gasteiger partial charge in [0.15, 0.2) is 6.61 Å². The molecule has 1 aromatic carbocycles. The number of amides is 1. The van der Waals surface area contributed by atoms with E-state index in [2.05, 4.69) is 9.88 Å². The average Bonchev–Trinajstić information content (AvgIpc) is 3.38. The first-order valence-corrected chi connectivity index (χ1v) is 8.70. The molecule has 1 aromatic heterocycles. The molecular formula is C20H24N2O4. The number of nitrogens with zero attached hydrogens (tertiary/aromatic N) is 1. The van der Waals surface area contributed by atoms with E-state index in [1.54, 1.807) is 6.07 Å². The minimum atomic E-state index is -0.476. The van der Waals surface area contributed by atoms with Gasteiger partial charge in [-0.15, -0.1) is 0 Å². The van der Waals surface area contributed by atoms with Crippen LogP contribution in [0.5, 0.6) is 5.75 Å². The summed E-state index contributed by atoms with van der Waals surface area (Å²) in [4.78, 5) is 24.5. The van der Waals surface area contributed by atoms with Crippen molar-refractivity contribution in [1.29, 1.82) is 0 Å². The third kappa shape index (κ3) is 3.74. The van der Waals surface area contributed by atoms with Crippen LogP contribution in [0.4, 0.5) is 5.69 Å². The summed E-state index contributed by atoms with van der Waals surface area (Å²) in [5, 5.41) is 2.72. The van der Waals surface area contributed by atoms with Crippen LogP contribution in [0.2, 0.25) is 0 Å². The molecule has 1 N–H and O–H groups in total. The largest absolute Gasteiger partial charge is 0.495 e. The van der Waals surface area contributed by atoms with Crippen LogP contribution >= 0.6 is 0 Å². The van der Waals surface area contributed by atoms with Gasteiger partial charge in [-0.25, -0.2) is 4.79 Å². The fourth-order valence-electron chi connectivity index (χ4n) is 3.19. The zero-order valence-corrected chi connectivity index (χ0v) is 15.6. The van der Waals surface area contributed by atoms with E-state index in [0.29, 0.717) is 23.0 Å². The Morgan fingerprint density at radius 2 is 1.92 bits per heavy atom. The highest BCUT2D eigenvalue weighted by Crippen LogP contribution is 2.38. The lowest BCUT2D eigenvalue weighted by atomic mass is 10.2. The lowest BCUT2D eigenvalue weighted by Crippen LogP contribution is -2.21. The van der Waals surface area contributed by atoms with Gasteiger partial charge in [0.1, 0.15) is 5.75 Å². The molecule has 0 aliphatic heterocycles. The minimum Gasteiger partial charge on any atom is -0.495 e. The van der Waals surface area contributed by atoms with E-state index in [0.717, 1.165) is 29.8 Å². The van der Waals surface area contributed by atoms with Gasteiger partial charge in [0.2, 0.25) is 0 Å². The Kier molecular flexibility index (Phi) is 5.02. The van der Waals surface area contributed by atoms with Gasteiger partial charge in [-0.05, 0) is 57.4 Å². The molecule has 1 aliphatic carbocycles. The van der Waals surface area contributed by atoms with E-state index >= 15 is 0 Å². The molecule has 1 amide bonds. The molecule has 0 radical (unpaired) electrons. The quantitative estimate of drug-likeness (QED) is 0.804.